The molecule has 1 heteroatoms. The Bertz CT molecular complexity index is 3230. The van der Waals surface area contributed by atoms with Crippen molar-refractivity contribution >= 4 is 21.5 Å². The first-order valence-corrected chi connectivity index (χ1v) is 21.0. The molecule has 2 aliphatic rings. The van der Waals surface area contributed by atoms with Crippen LogP contribution in [-0.4, -0.2) is 4.98 Å². The molecule has 1 nitrogen and oxygen atoms in total. The van der Waals surface area contributed by atoms with Crippen LogP contribution in [0.25, 0.3) is 77.4 Å². The number of fused-ring (bicyclic) bond motifs is 12. The molecule has 0 radical (unpaired) electrons. The Morgan fingerprint density at radius 1 is 0.317 bits per heavy atom. The summed E-state index contributed by atoms with van der Waals surface area (Å²) in [5.41, 5.74) is 18.8. The van der Waals surface area contributed by atoms with Gasteiger partial charge in [-0.05, 0) is 113 Å². The quantitative estimate of drug-likeness (QED) is 0.163. The summed E-state index contributed by atoms with van der Waals surface area (Å²) in [5.74, 6) is 0. The van der Waals surface area contributed by atoms with Crippen LogP contribution >= 0.6 is 0 Å². The predicted octanol–water partition coefficient (Wildman–Crippen LogP) is 15.1. The van der Waals surface area contributed by atoms with Crippen LogP contribution in [0.1, 0.15) is 47.2 Å². The predicted molar refractivity (Wildman–Crippen MR) is 250 cm³/mol. The van der Waals surface area contributed by atoms with Crippen molar-refractivity contribution in [3.05, 3.63) is 246 Å². The van der Waals surface area contributed by atoms with Crippen molar-refractivity contribution in [1.29, 1.82) is 0 Å². The van der Waals surface area contributed by atoms with Crippen molar-refractivity contribution in [2.45, 2.75) is 24.7 Å². The van der Waals surface area contributed by atoms with E-state index in [9.17, 15) is 0 Å². The minimum absolute atomic E-state index is 0.176. The molecule has 0 N–H and O–H groups in total. The van der Waals surface area contributed by atoms with Gasteiger partial charge in [0, 0.05) is 16.5 Å². The van der Waals surface area contributed by atoms with E-state index < -0.39 is 5.41 Å². The Morgan fingerprint density at radius 2 is 0.883 bits per heavy atom. The van der Waals surface area contributed by atoms with E-state index in [0.29, 0.717) is 0 Å². The van der Waals surface area contributed by atoms with Gasteiger partial charge in [-0.1, -0.05) is 202 Å². The zero-order valence-corrected chi connectivity index (χ0v) is 33.7. The highest BCUT2D eigenvalue weighted by Gasteiger charge is 2.53. The highest BCUT2D eigenvalue weighted by Crippen LogP contribution is 2.63. The van der Waals surface area contributed by atoms with Crippen LogP contribution in [0.2, 0.25) is 0 Å². The van der Waals surface area contributed by atoms with Crippen LogP contribution in [0.4, 0.5) is 0 Å². The Balaban J connectivity index is 1.16. The molecule has 9 aromatic carbocycles. The largest absolute Gasteiger partial charge is 0.248 e. The average molecular weight is 764 g/mol. The number of aromatic nitrogens is 1. The van der Waals surface area contributed by atoms with Crippen molar-refractivity contribution in [1.82, 2.24) is 4.98 Å². The van der Waals surface area contributed by atoms with Gasteiger partial charge in [-0.25, -0.2) is 4.98 Å². The van der Waals surface area contributed by atoms with Gasteiger partial charge in [0.2, 0.25) is 0 Å². The molecule has 1 spiro atoms. The standard InChI is InChI=1S/C59H41N/c1-58(2)50-23-11-13-25-52(50)59(53-26-14-12-24-51(53)58)49-33-31-42(41-30-32-46-43(34-41)29-28-39-18-9-10-21-45(39)46)35-48(49)57-47(22-15-27-54(57)59)56-37-44(38-16-5-3-6-17-38)36-55(60-56)40-19-7-4-8-20-40/h3-37H,1-2H3. The molecular weight excluding hydrogens is 723 g/mol. The highest BCUT2D eigenvalue weighted by atomic mass is 14.7. The minimum Gasteiger partial charge on any atom is -0.248 e. The molecule has 0 amide bonds. The molecule has 0 unspecified atom stereocenters. The van der Waals surface area contributed by atoms with E-state index in [-0.39, 0.29) is 5.41 Å². The minimum atomic E-state index is -0.524. The molecule has 0 saturated heterocycles. The normalized spacial score (nSPS) is 14.1. The summed E-state index contributed by atoms with van der Waals surface area (Å²) < 4.78 is 0. The summed E-state index contributed by atoms with van der Waals surface area (Å²) in [6, 6.07) is 78.6. The first kappa shape index (κ1) is 34.7. The monoisotopic (exact) mass is 763 g/mol. The molecular formula is C59H41N. The lowest BCUT2D eigenvalue weighted by molar-refractivity contribution is 0.563. The molecule has 0 aliphatic heterocycles. The van der Waals surface area contributed by atoms with E-state index in [1.54, 1.807) is 0 Å². The molecule has 0 bridgehead atoms. The maximum Gasteiger partial charge on any atom is 0.0722 e. The summed E-state index contributed by atoms with van der Waals surface area (Å²) in [6.45, 7) is 4.78. The van der Waals surface area contributed by atoms with Crippen LogP contribution in [0.15, 0.2) is 212 Å². The number of hydrogen-bond acceptors (Lipinski definition) is 1. The molecule has 12 rings (SSSR count). The van der Waals surface area contributed by atoms with Gasteiger partial charge in [0.15, 0.2) is 0 Å². The van der Waals surface area contributed by atoms with Gasteiger partial charge in [-0.3, -0.25) is 0 Å². The van der Waals surface area contributed by atoms with Gasteiger partial charge >= 0.3 is 0 Å². The Morgan fingerprint density at radius 3 is 1.63 bits per heavy atom. The van der Waals surface area contributed by atoms with Crippen molar-refractivity contribution < 1.29 is 0 Å². The highest BCUT2D eigenvalue weighted by molar-refractivity contribution is 6.08. The maximum absolute atomic E-state index is 5.53. The first-order valence-electron chi connectivity index (χ1n) is 21.0. The fourth-order valence-electron chi connectivity index (χ4n) is 10.8. The molecule has 10 aromatic rings. The Kier molecular flexibility index (Phi) is 7.56. The van der Waals surface area contributed by atoms with E-state index in [0.717, 1.165) is 28.1 Å². The molecule has 1 aromatic heterocycles. The summed E-state index contributed by atoms with van der Waals surface area (Å²) in [7, 11) is 0. The topological polar surface area (TPSA) is 12.9 Å². The summed E-state index contributed by atoms with van der Waals surface area (Å²) in [4.78, 5) is 5.53. The van der Waals surface area contributed by atoms with Crippen LogP contribution in [0.5, 0.6) is 0 Å². The third kappa shape index (κ3) is 4.96. The lowest BCUT2D eigenvalue weighted by Crippen LogP contribution is -2.40. The second-order valence-electron chi connectivity index (χ2n) is 17.0. The van der Waals surface area contributed by atoms with Gasteiger partial charge in [-0.2, -0.15) is 0 Å². The Labute approximate surface area is 351 Å². The number of nitrogens with zero attached hydrogens (tertiary/aromatic N) is 1. The van der Waals surface area contributed by atoms with E-state index in [4.69, 9.17) is 4.98 Å². The zero-order valence-electron chi connectivity index (χ0n) is 33.7. The first-order chi connectivity index (χ1) is 29.5. The average Bonchev–Trinajstić information content (AvgIpc) is 3.61. The van der Waals surface area contributed by atoms with Gasteiger partial charge in [-0.15, -0.1) is 0 Å². The lowest BCUT2D eigenvalue weighted by Gasteiger charge is -2.46. The van der Waals surface area contributed by atoms with Crippen molar-refractivity contribution in [2.24, 2.45) is 0 Å². The van der Waals surface area contributed by atoms with E-state index in [2.05, 4.69) is 226 Å². The van der Waals surface area contributed by atoms with Gasteiger partial charge in [0.1, 0.15) is 0 Å². The summed E-state index contributed by atoms with van der Waals surface area (Å²) in [5, 5.41) is 5.08. The van der Waals surface area contributed by atoms with E-state index >= 15 is 0 Å². The fraction of sp³-hybridized carbons (Fsp3) is 0.0678. The third-order valence-corrected chi connectivity index (χ3v) is 13.5. The Hall–Kier alpha value is -7.35. The van der Waals surface area contributed by atoms with Crippen LogP contribution in [0.3, 0.4) is 0 Å². The van der Waals surface area contributed by atoms with Gasteiger partial charge < -0.3 is 0 Å². The molecule has 60 heavy (non-hydrogen) atoms. The number of pyridine rings is 1. The molecule has 0 saturated carbocycles. The molecule has 2 aliphatic carbocycles. The molecule has 0 atom stereocenters. The van der Waals surface area contributed by atoms with Crippen LogP contribution in [0, 0.1) is 0 Å². The lowest BCUT2D eigenvalue weighted by atomic mass is 9.55. The zero-order chi connectivity index (χ0) is 40.0. The van der Waals surface area contributed by atoms with Crippen molar-refractivity contribution in [2.75, 3.05) is 0 Å². The second-order valence-corrected chi connectivity index (χ2v) is 17.0. The summed E-state index contributed by atoms with van der Waals surface area (Å²) in [6.07, 6.45) is 0. The number of hydrogen-bond donors (Lipinski definition) is 0. The molecule has 1 heterocycles. The SMILES string of the molecule is CC1(C)c2ccccc2C2(c3ccc(-c4ccc5c(ccc6ccccc65)c4)cc3-c3c(-c4cc(-c5ccccc5)cc(-c5ccccc5)n4)cccc32)c2ccccc21. The van der Waals surface area contributed by atoms with Crippen molar-refractivity contribution in [3.8, 4) is 55.9 Å². The molecule has 0 fully saturated rings. The molecule has 282 valence electrons. The van der Waals surface area contributed by atoms with E-state index in [1.165, 1.54) is 82.7 Å². The van der Waals surface area contributed by atoms with Crippen LogP contribution < -0.4 is 0 Å². The smallest absolute Gasteiger partial charge is 0.0722 e. The number of rotatable bonds is 4. The van der Waals surface area contributed by atoms with Crippen molar-refractivity contribution in [3.63, 3.8) is 0 Å². The van der Waals surface area contributed by atoms with E-state index in [1.807, 2.05) is 0 Å². The third-order valence-electron chi connectivity index (χ3n) is 13.5. The summed E-state index contributed by atoms with van der Waals surface area (Å²) >= 11 is 0. The maximum atomic E-state index is 5.53. The number of benzene rings is 9. The second kappa shape index (κ2) is 13.1. The van der Waals surface area contributed by atoms with Crippen LogP contribution in [-0.2, 0) is 10.8 Å². The van der Waals surface area contributed by atoms with Gasteiger partial charge in [0.05, 0.1) is 16.8 Å². The fourth-order valence-corrected chi connectivity index (χ4v) is 10.8. The van der Waals surface area contributed by atoms with Gasteiger partial charge in [0.25, 0.3) is 0 Å².